The zero-order valence-corrected chi connectivity index (χ0v) is 15.2. The number of ether oxygens (including phenoxy) is 2. The van der Waals surface area contributed by atoms with E-state index < -0.39 is 0 Å². The van der Waals surface area contributed by atoms with E-state index in [2.05, 4.69) is 22.5 Å². The van der Waals surface area contributed by atoms with Crippen LogP contribution in [0.15, 0.2) is 34.2 Å². The van der Waals surface area contributed by atoms with Gasteiger partial charge < -0.3 is 9.47 Å². The molecule has 0 saturated carbocycles. The minimum Gasteiger partial charge on any atom is -0.493 e. The van der Waals surface area contributed by atoms with Crippen molar-refractivity contribution >= 4 is 44.9 Å². The first-order valence-electron chi connectivity index (χ1n) is 6.88. The summed E-state index contributed by atoms with van der Waals surface area (Å²) in [4.78, 5) is 25.6. The number of carbonyl (C=O) groups is 2. The van der Waals surface area contributed by atoms with Crippen LogP contribution in [0.2, 0.25) is 0 Å². The predicted octanol–water partition coefficient (Wildman–Crippen LogP) is 4.08. The van der Waals surface area contributed by atoms with Crippen LogP contribution in [0.3, 0.4) is 0 Å². The minimum absolute atomic E-state index is 0.207. The van der Waals surface area contributed by atoms with Crippen LogP contribution >= 0.6 is 27.7 Å². The van der Waals surface area contributed by atoms with Gasteiger partial charge in [-0.15, -0.1) is 6.58 Å². The highest BCUT2D eigenvalue weighted by Gasteiger charge is 2.34. The summed E-state index contributed by atoms with van der Waals surface area (Å²) in [6.45, 7) is 6.15. The molecule has 7 heteroatoms. The zero-order chi connectivity index (χ0) is 17.0. The summed E-state index contributed by atoms with van der Waals surface area (Å²) in [6, 6.07) is 3.58. The number of carbonyl (C=O) groups excluding carboxylic acids is 2. The Kier molecular flexibility index (Phi) is 5.90. The number of hydrogen-bond donors (Lipinski definition) is 0. The second-order valence-electron chi connectivity index (χ2n) is 4.55. The maximum absolute atomic E-state index is 12.2. The van der Waals surface area contributed by atoms with Gasteiger partial charge in [0.1, 0.15) is 0 Å². The third kappa shape index (κ3) is 3.79. The van der Waals surface area contributed by atoms with Crippen LogP contribution in [-0.4, -0.2) is 36.3 Å². The Morgan fingerprint density at radius 1 is 1.39 bits per heavy atom. The summed E-state index contributed by atoms with van der Waals surface area (Å²) in [6.07, 6.45) is 3.19. The highest BCUT2D eigenvalue weighted by atomic mass is 79.9. The number of benzene rings is 1. The van der Waals surface area contributed by atoms with Gasteiger partial charge in [-0.05, 0) is 58.4 Å². The number of amides is 2. The van der Waals surface area contributed by atoms with Gasteiger partial charge in [-0.3, -0.25) is 14.5 Å². The second kappa shape index (κ2) is 7.70. The van der Waals surface area contributed by atoms with Crippen LogP contribution in [0.5, 0.6) is 11.5 Å². The maximum Gasteiger partial charge on any atom is 0.293 e. The monoisotopic (exact) mass is 397 g/mol. The van der Waals surface area contributed by atoms with Crippen molar-refractivity contribution in [1.82, 2.24) is 4.90 Å². The van der Waals surface area contributed by atoms with Crippen LogP contribution in [-0.2, 0) is 4.79 Å². The molecule has 0 atom stereocenters. The zero-order valence-electron chi connectivity index (χ0n) is 12.8. The number of nitrogens with zero attached hydrogens (tertiary/aromatic N) is 1. The number of rotatable bonds is 6. The summed E-state index contributed by atoms with van der Waals surface area (Å²) < 4.78 is 11.6. The molecule has 1 aromatic carbocycles. The molecule has 0 N–H and O–H groups in total. The van der Waals surface area contributed by atoms with Crippen molar-refractivity contribution in [3.63, 3.8) is 0 Å². The van der Waals surface area contributed by atoms with Gasteiger partial charge in [-0.2, -0.15) is 0 Å². The molecule has 1 fully saturated rings. The van der Waals surface area contributed by atoms with Crippen LogP contribution in [0.4, 0.5) is 4.79 Å². The molecule has 1 heterocycles. The molecule has 0 spiro atoms. The molecule has 1 aliphatic rings. The number of hydrogen-bond acceptors (Lipinski definition) is 5. The Balaban J connectivity index is 2.36. The van der Waals surface area contributed by atoms with E-state index in [4.69, 9.17) is 9.47 Å². The molecule has 5 nitrogen and oxygen atoms in total. The SMILES string of the molecule is C=CCN1C(=O)S/C(=C/c2cc(Br)c(OCC)c(OC)c2)C1=O. The van der Waals surface area contributed by atoms with E-state index in [-0.39, 0.29) is 17.7 Å². The minimum atomic E-state index is -0.316. The fourth-order valence-corrected chi connectivity index (χ4v) is 3.47. The summed E-state index contributed by atoms with van der Waals surface area (Å²) in [7, 11) is 1.55. The van der Waals surface area contributed by atoms with E-state index in [1.165, 1.54) is 6.08 Å². The first-order chi connectivity index (χ1) is 11.0. The average molecular weight is 398 g/mol. The highest BCUT2D eigenvalue weighted by Crippen LogP contribution is 2.39. The maximum atomic E-state index is 12.2. The summed E-state index contributed by atoms with van der Waals surface area (Å²) in [5.41, 5.74) is 0.737. The molecule has 122 valence electrons. The molecule has 1 aliphatic heterocycles. The molecule has 0 unspecified atom stereocenters. The van der Waals surface area contributed by atoms with Gasteiger partial charge in [0.05, 0.1) is 23.1 Å². The van der Waals surface area contributed by atoms with Crippen molar-refractivity contribution in [2.24, 2.45) is 0 Å². The molecule has 0 aromatic heterocycles. The van der Waals surface area contributed by atoms with Gasteiger partial charge in [-0.25, -0.2) is 0 Å². The summed E-state index contributed by atoms with van der Waals surface area (Å²) >= 11 is 4.35. The van der Waals surface area contributed by atoms with Gasteiger partial charge in [0.15, 0.2) is 11.5 Å². The Morgan fingerprint density at radius 3 is 2.74 bits per heavy atom. The van der Waals surface area contributed by atoms with Crippen LogP contribution < -0.4 is 9.47 Å². The van der Waals surface area contributed by atoms with Gasteiger partial charge in [-0.1, -0.05) is 6.08 Å². The molecular weight excluding hydrogens is 382 g/mol. The lowest BCUT2D eigenvalue weighted by Gasteiger charge is -2.12. The lowest BCUT2D eigenvalue weighted by molar-refractivity contribution is -0.122. The van der Waals surface area contributed by atoms with E-state index in [0.717, 1.165) is 26.7 Å². The fraction of sp³-hybridized carbons (Fsp3) is 0.250. The standard InChI is InChI=1S/C16H16BrNO4S/c1-4-6-18-15(19)13(23-16(18)20)9-10-7-11(17)14(22-5-2)12(8-10)21-3/h4,7-9H,1,5-6H2,2-3H3/b13-9+. The van der Waals surface area contributed by atoms with Crippen LogP contribution in [0.1, 0.15) is 12.5 Å². The van der Waals surface area contributed by atoms with Crippen molar-refractivity contribution in [1.29, 1.82) is 0 Å². The van der Waals surface area contributed by atoms with Gasteiger partial charge in [0, 0.05) is 6.54 Å². The van der Waals surface area contributed by atoms with Crippen molar-refractivity contribution in [2.45, 2.75) is 6.92 Å². The van der Waals surface area contributed by atoms with E-state index in [0.29, 0.717) is 23.0 Å². The number of thioether (sulfide) groups is 1. The molecule has 0 radical (unpaired) electrons. The Hall–Kier alpha value is -1.73. The molecular formula is C16H16BrNO4S. The largest absolute Gasteiger partial charge is 0.493 e. The Bertz CT molecular complexity index is 687. The van der Waals surface area contributed by atoms with Gasteiger partial charge >= 0.3 is 0 Å². The lowest BCUT2D eigenvalue weighted by Crippen LogP contribution is -2.27. The molecule has 2 rings (SSSR count). The Morgan fingerprint density at radius 2 is 2.13 bits per heavy atom. The summed E-state index contributed by atoms with van der Waals surface area (Å²) in [5.74, 6) is 0.841. The number of methoxy groups -OCH3 is 1. The van der Waals surface area contributed by atoms with Crippen molar-refractivity contribution in [3.8, 4) is 11.5 Å². The van der Waals surface area contributed by atoms with Gasteiger partial charge in [0.25, 0.3) is 11.1 Å². The number of imide groups is 1. The van der Waals surface area contributed by atoms with E-state index in [1.807, 2.05) is 13.0 Å². The quantitative estimate of drug-likeness (QED) is 0.534. The molecule has 23 heavy (non-hydrogen) atoms. The molecule has 0 bridgehead atoms. The molecule has 1 saturated heterocycles. The van der Waals surface area contributed by atoms with Crippen molar-refractivity contribution in [3.05, 3.63) is 39.7 Å². The molecule has 0 aliphatic carbocycles. The first kappa shape index (κ1) is 17.6. The first-order valence-corrected chi connectivity index (χ1v) is 8.49. The predicted molar refractivity (Wildman–Crippen MR) is 94.7 cm³/mol. The Labute approximate surface area is 147 Å². The van der Waals surface area contributed by atoms with E-state index >= 15 is 0 Å². The topological polar surface area (TPSA) is 55.8 Å². The number of halogens is 1. The second-order valence-corrected chi connectivity index (χ2v) is 6.40. The van der Waals surface area contributed by atoms with Crippen LogP contribution in [0.25, 0.3) is 6.08 Å². The smallest absolute Gasteiger partial charge is 0.293 e. The van der Waals surface area contributed by atoms with Crippen molar-refractivity contribution < 1.29 is 19.1 Å². The normalized spacial score (nSPS) is 16.1. The highest BCUT2D eigenvalue weighted by molar-refractivity contribution is 9.10. The molecule has 1 aromatic rings. The van der Waals surface area contributed by atoms with E-state index in [1.54, 1.807) is 19.3 Å². The average Bonchev–Trinajstić information content (AvgIpc) is 2.77. The molecule has 2 amide bonds. The lowest BCUT2D eigenvalue weighted by atomic mass is 10.2. The summed E-state index contributed by atoms with van der Waals surface area (Å²) in [5, 5.41) is -0.293. The third-order valence-electron chi connectivity index (χ3n) is 3.02. The van der Waals surface area contributed by atoms with E-state index in [9.17, 15) is 9.59 Å². The van der Waals surface area contributed by atoms with Gasteiger partial charge in [0.2, 0.25) is 0 Å². The fourth-order valence-electron chi connectivity index (χ4n) is 2.05. The third-order valence-corrected chi connectivity index (χ3v) is 4.52. The van der Waals surface area contributed by atoms with Crippen molar-refractivity contribution in [2.75, 3.05) is 20.3 Å². The van der Waals surface area contributed by atoms with Crippen LogP contribution in [0, 0.1) is 0 Å².